The second kappa shape index (κ2) is 4.70. The molecule has 0 unspecified atom stereocenters. The molecule has 2 aliphatic heterocycles. The SMILES string of the molecule is CC1(C(=O)N2C[C@@H]3C[C@H]2c2cncc(C#N)c2O3)CCCC1. The zero-order valence-corrected chi connectivity index (χ0v) is 12.7. The number of ether oxygens (including phenoxy) is 1. The van der Waals surface area contributed by atoms with Crippen LogP contribution in [0.1, 0.15) is 56.2 Å². The summed E-state index contributed by atoms with van der Waals surface area (Å²) in [5.41, 5.74) is 1.13. The predicted molar refractivity (Wildman–Crippen MR) is 79.0 cm³/mol. The summed E-state index contributed by atoms with van der Waals surface area (Å²) in [7, 11) is 0. The molecule has 1 aliphatic carbocycles. The first-order valence-electron chi connectivity index (χ1n) is 7.98. The molecular formula is C17H19N3O2. The molecule has 0 aromatic carbocycles. The molecule has 114 valence electrons. The first-order valence-corrected chi connectivity index (χ1v) is 7.98. The molecule has 2 atom stereocenters. The van der Waals surface area contributed by atoms with Gasteiger partial charge in [-0.1, -0.05) is 19.8 Å². The van der Waals surface area contributed by atoms with Crippen LogP contribution in [0.4, 0.5) is 0 Å². The van der Waals surface area contributed by atoms with E-state index >= 15 is 0 Å². The monoisotopic (exact) mass is 297 g/mol. The molecule has 4 rings (SSSR count). The summed E-state index contributed by atoms with van der Waals surface area (Å²) in [6, 6.07) is 2.15. The third-order valence-corrected chi connectivity index (χ3v) is 5.44. The number of hydrogen-bond acceptors (Lipinski definition) is 4. The lowest BCUT2D eigenvalue weighted by atomic mass is 9.86. The molecule has 5 nitrogen and oxygen atoms in total. The standard InChI is InChI=1S/C17H19N3O2/c1-17(4-2-3-5-17)16(21)20-10-12-6-14(20)13-9-19-8-11(7-18)15(13)22-12/h8-9,12,14H,2-6,10H2,1H3/t12-,14-/m0/s1. The number of likely N-dealkylation sites (tertiary alicyclic amines) is 1. The van der Waals surface area contributed by atoms with Gasteiger partial charge in [0.05, 0.1) is 12.6 Å². The highest BCUT2D eigenvalue weighted by Crippen LogP contribution is 2.48. The second-order valence-corrected chi connectivity index (χ2v) is 6.93. The summed E-state index contributed by atoms with van der Waals surface area (Å²) in [6.45, 7) is 2.72. The van der Waals surface area contributed by atoms with E-state index in [2.05, 4.69) is 18.0 Å². The largest absolute Gasteiger partial charge is 0.487 e. The molecule has 2 fully saturated rings. The number of hydrogen-bond donors (Lipinski definition) is 0. The molecule has 1 aromatic rings. The third-order valence-electron chi connectivity index (χ3n) is 5.44. The van der Waals surface area contributed by atoms with Gasteiger partial charge in [-0.05, 0) is 12.8 Å². The average Bonchev–Trinajstić information content (AvgIpc) is 3.12. The fraction of sp³-hybridized carbons (Fsp3) is 0.588. The van der Waals surface area contributed by atoms with Gasteiger partial charge in [0.2, 0.25) is 5.91 Å². The number of rotatable bonds is 1. The summed E-state index contributed by atoms with van der Waals surface area (Å²) >= 11 is 0. The van der Waals surface area contributed by atoms with Crippen molar-refractivity contribution in [1.29, 1.82) is 5.26 Å². The summed E-state index contributed by atoms with van der Waals surface area (Å²) in [5, 5.41) is 9.22. The van der Waals surface area contributed by atoms with Crippen molar-refractivity contribution in [2.24, 2.45) is 5.41 Å². The molecule has 2 bridgehead atoms. The van der Waals surface area contributed by atoms with E-state index in [0.29, 0.717) is 17.9 Å². The summed E-state index contributed by atoms with van der Waals surface area (Å²) in [6.07, 6.45) is 8.32. The fourth-order valence-corrected chi connectivity index (χ4v) is 4.20. The van der Waals surface area contributed by atoms with Crippen molar-refractivity contribution in [2.75, 3.05) is 6.54 Å². The minimum atomic E-state index is -0.224. The Balaban J connectivity index is 1.70. The van der Waals surface area contributed by atoms with Crippen LogP contribution in [0.2, 0.25) is 0 Å². The predicted octanol–water partition coefficient (Wildman–Crippen LogP) is 2.57. The topological polar surface area (TPSA) is 66.2 Å². The first kappa shape index (κ1) is 13.6. The van der Waals surface area contributed by atoms with Crippen molar-refractivity contribution >= 4 is 5.91 Å². The second-order valence-electron chi connectivity index (χ2n) is 6.93. The first-order chi connectivity index (χ1) is 10.6. The lowest BCUT2D eigenvalue weighted by Crippen LogP contribution is -2.41. The van der Waals surface area contributed by atoms with Crippen molar-refractivity contribution in [3.05, 3.63) is 23.5 Å². The Morgan fingerprint density at radius 1 is 1.45 bits per heavy atom. The molecule has 0 spiro atoms. The molecule has 0 N–H and O–H groups in total. The summed E-state index contributed by atoms with van der Waals surface area (Å²) < 4.78 is 5.96. The molecule has 5 heteroatoms. The number of nitriles is 1. The van der Waals surface area contributed by atoms with E-state index in [1.54, 1.807) is 6.20 Å². The van der Waals surface area contributed by atoms with Crippen LogP contribution < -0.4 is 4.74 Å². The maximum absolute atomic E-state index is 13.1. The normalized spacial score (nSPS) is 27.9. The number of carbonyl (C=O) groups is 1. The van der Waals surface area contributed by atoms with Gasteiger partial charge >= 0.3 is 0 Å². The van der Waals surface area contributed by atoms with Crippen LogP contribution in [0.3, 0.4) is 0 Å². The lowest BCUT2D eigenvalue weighted by molar-refractivity contribution is -0.142. The molecule has 3 aliphatic rings. The number of carbonyl (C=O) groups excluding carboxylic acids is 1. The number of amides is 1. The number of aromatic nitrogens is 1. The van der Waals surface area contributed by atoms with Gasteiger partial charge in [-0.15, -0.1) is 0 Å². The number of pyridine rings is 1. The minimum absolute atomic E-state index is 0.000882. The Morgan fingerprint density at radius 3 is 2.95 bits per heavy atom. The van der Waals surface area contributed by atoms with E-state index in [1.807, 2.05) is 4.90 Å². The number of nitrogens with zero attached hydrogens (tertiary/aromatic N) is 3. The zero-order chi connectivity index (χ0) is 15.3. The lowest BCUT2D eigenvalue weighted by Gasteiger charge is -2.32. The van der Waals surface area contributed by atoms with Crippen molar-refractivity contribution in [2.45, 2.75) is 51.2 Å². The van der Waals surface area contributed by atoms with Gasteiger partial charge in [-0.25, -0.2) is 0 Å². The molecule has 3 heterocycles. The molecule has 0 radical (unpaired) electrons. The molecule has 1 saturated carbocycles. The smallest absolute Gasteiger partial charge is 0.229 e. The summed E-state index contributed by atoms with van der Waals surface area (Å²) in [4.78, 5) is 19.2. The van der Waals surface area contributed by atoms with E-state index in [0.717, 1.165) is 37.7 Å². The maximum Gasteiger partial charge on any atom is 0.229 e. The average molecular weight is 297 g/mol. The van der Waals surface area contributed by atoms with Gasteiger partial charge in [0.15, 0.2) is 0 Å². The highest BCUT2D eigenvalue weighted by molar-refractivity contribution is 5.83. The van der Waals surface area contributed by atoms with Crippen LogP contribution in [-0.2, 0) is 4.79 Å². The van der Waals surface area contributed by atoms with Gasteiger partial charge in [-0.3, -0.25) is 9.78 Å². The molecule has 1 aromatic heterocycles. The Labute approximate surface area is 129 Å². The van der Waals surface area contributed by atoms with Gasteiger partial charge in [0, 0.05) is 29.8 Å². The highest BCUT2D eigenvalue weighted by atomic mass is 16.5. The van der Waals surface area contributed by atoms with Crippen LogP contribution in [0, 0.1) is 16.7 Å². The van der Waals surface area contributed by atoms with Crippen molar-refractivity contribution < 1.29 is 9.53 Å². The van der Waals surface area contributed by atoms with Crippen molar-refractivity contribution in [3.63, 3.8) is 0 Å². The van der Waals surface area contributed by atoms with E-state index in [-0.39, 0.29) is 23.5 Å². The Kier molecular flexibility index (Phi) is 2.90. The van der Waals surface area contributed by atoms with Gasteiger partial charge < -0.3 is 9.64 Å². The van der Waals surface area contributed by atoms with E-state index < -0.39 is 0 Å². The fourth-order valence-electron chi connectivity index (χ4n) is 4.20. The molecular weight excluding hydrogens is 278 g/mol. The van der Waals surface area contributed by atoms with E-state index in [4.69, 9.17) is 4.74 Å². The summed E-state index contributed by atoms with van der Waals surface area (Å²) in [5.74, 6) is 0.877. The van der Waals surface area contributed by atoms with Gasteiger partial charge in [-0.2, -0.15) is 5.26 Å². The highest BCUT2D eigenvalue weighted by Gasteiger charge is 2.48. The van der Waals surface area contributed by atoms with E-state index in [1.165, 1.54) is 6.20 Å². The Bertz CT molecular complexity index is 673. The zero-order valence-electron chi connectivity index (χ0n) is 12.7. The minimum Gasteiger partial charge on any atom is -0.487 e. The number of fused-ring (bicyclic) bond motifs is 4. The van der Waals surface area contributed by atoms with Crippen molar-refractivity contribution in [1.82, 2.24) is 9.88 Å². The Morgan fingerprint density at radius 2 is 2.23 bits per heavy atom. The molecule has 1 saturated heterocycles. The maximum atomic E-state index is 13.1. The van der Waals surface area contributed by atoms with Crippen LogP contribution in [-0.4, -0.2) is 28.4 Å². The quantitative estimate of drug-likeness (QED) is 0.799. The third kappa shape index (κ3) is 1.83. The van der Waals surface area contributed by atoms with Crippen LogP contribution in [0.15, 0.2) is 12.4 Å². The van der Waals surface area contributed by atoms with E-state index in [9.17, 15) is 10.1 Å². The van der Waals surface area contributed by atoms with Gasteiger partial charge in [0.25, 0.3) is 0 Å². The van der Waals surface area contributed by atoms with Crippen molar-refractivity contribution in [3.8, 4) is 11.8 Å². The van der Waals surface area contributed by atoms with Gasteiger partial charge in [0.1, 0.15) is 23.5 Å². The van der Waals surface area contributed by atoms with Crippen LogP contribution >= 0.6 is 0 Å². The Hall–Kier alpha value is -2.09. The van der Waals surface area contributed by atoms with Crippen LogP contribution in [0.25, 0.3) is 0 Å². The molecule has 1 amide bonds. The molecule has 22 heavy (non-hydrogen) atoms. The van der Waals surface area contributed by atoms with Crippen LogP contribution in [0.5, 0.6) is 5.75 Å².